The van der Waals surface area contributed by atoms with Crippen LogP contribution in [-0.2, 0) is 0 Å². The molecule has 0 aromatic heterocycles. The first-order valence-corrected chi connectivity index (χ1v) is 6.65. The molecule has 1 aliphatic rings. The van der Waals surface area contributed by atoms with Gasteiger partial charge in [-0.25, -0.2) is 0 Å². The van der Waals surface area contributed by atoms with E-state index < -0.39 is 0 Å². The lowest BCUT2D eigenvalue weighted by molar-refractivity contribution is 0.367. The number of hydrogen-bond donors (Lipinski definition) is 1. The molecule has 1 aliphatic heterocycles. The highest BCUT2D eigenvalue weighted by Gasteiger charge is 2.13. The number of benzene rings is 1. The van der Waals surface area contributed by atoms with Crippen molar-refractivity contribution >= 4 is 17.4 Å². The van der Waals surface area contributed by atoms with Crippen molar-refractivity contribution in [3.05, 3.63) is 28.3 Å². The number of hydrogen-bond acceptors (Lipinski definition) is 3. The van der Waals surface area contributed by atoms with E-state index in [0.29, 0.717) is 12.5 Å². The third-order valence-corrected chi connectivity index (χ3v) is 3.43. The summed E-state index contributed by atoms with van der Waals surface area (Å²) in [5.74, 6) is 2.22. The Kier molecular flexibility index (Phi) is 4.12. The van der Waals surface area contributed by atoms with Gasteiger partial charge in [-0.1, -0.05) is 25.4 Å². The summed E-state index contributed by atoms with van der Waals surface area (Å²) in [6, 6.07) is 4.01. The van der Waals surface area contributed by atoms with Crippen molar-refractivity contribution in [1.29, 1.82) is 0 Å². The molecule has 0 fully saturated rings. The predicted molar refractivity (Wildman–Crippen MR) is 76.1 cm³/mol. The predicted octanol–water partition coefficient (Wildman–Crippen LogP) is 3.15. The number of halogens is 1. The minimum absolute atomic E-state index is 0.386. The third-order valence-electron chi connectivity index (χ3n) is 3.02. The molecule has 98 valence electrons. The number of amidine groups is 1. The summed E-state index contributed by atoms with van der Waals surface area (Å²) in [7, 11) is 0. The Bertz CT molecular complexity index is 469. The summed E-state index contributed by atoms with van der Waals surface area (Å²) >= 11 is 6.17. The van der Waals surface area contributed by atoms with Crippen LogP contribution in [-0.4, -0.2) is 25.5 Å². The second kappa shape index (κ2) is 5.61. The lowest BCUT2D eigenvalue weighted by atomic mass is 10.0. The zero-order valence-electron chi connectivity index (χ0n) is 11.1. The van der Waals surface area contributed by atoms with Crippen LogP contribution in [0, 0.1) is 6.92 Å². The van der Waals surface area contributed by atoms with Gasteiger partial charge in [0, 0.05) is 11.6 Å². The zero-order valence-corrected chi connectivity index (χ0v) is 11.8. The maximum absolute atomic E-state index is 6.17. The first kappa shape index (κ1) is 13.2. The summed E-state index contributed by atoms with van der Waals surface area (Å²) < 4.78 is 5.87. The molecule has 0 saturated carbocycles. The van der Waals surface area contributed by atoms with E-state index in [0.717, 1.165) is 40.8 Å². The van der Waals surface area contributed by atoms with Gasteiger partial charge in [-0.2, -0.15) is 0 Å². The molecule has 0 atom stereocenters. The fourth-order valence-corrected chi connectivity index (χ4v) is 2.11. The van der Waals surface area contributed by atoms with E-state index in [2.05, 4.69) is 24.2 Å². The highest BCUT2D eigenvalue weighted by atomic mass is 35.5. The lowest BCUT2D eigenvalue weighted by Gasteiger charge is -2.16. The number of nitrogens with one attached hydrogen (secondary N) is 1. The second-order valence-electron chi connectivity index (χ2n) is 4.84. The van der Waals surface area contributed by atoms with Crippen LogP contribution in [0.3, 0.4) is 0 Å². The van der Waals surface area contributed by atoms with E-state index in [4.69, 9.17) is 16.3 Å². The average molecular weight is 267 g/mol. The van der Waals surface area contributed by atoms with Gasteiger partial charge in [0.25, 0.3) is 0 Å². The van der Waals surface area contributed by atoms with Crippen LogP contribution < -0.4 is 10.1 Å². The Hall–Kier alpha value is -1.22. The second-order valence-corrected chi connectivity index (χ2v) is 5.24. The van der Waals surface area contributed by atoms with E-state index in [1.807, 2.05) is 19.1 Å². The van der Waals surface area contributed by atoms with Crippen molar-refractivity contribution in [3.8, 4) is 5.75 Å². The Morgan fingerprint density at radius 1 is 1.44 bits per heavy atom. The number of rotatable bonds is 4. The zero-order chi connectivity index (χ0) is 13.1. The molecule has 0 radical (unpaired) electrons. The molecular formula is C14H19ClN2O. The normalized spacial score (nSPS) is 14.6. The lowest BCUT2D eigenvalue weighted by Crippen LogP contribution is -2.25. The molecule has 1 aromatic rings. The Balaban J connectivity index is 2.17. The highest BCUT2D eigenvalue weighted by Crippen LogP contribution is 2.31. The maximum Gasteiger partial charge on any atom is 0.145 e. The molecule has 18 heavy (non-hydrogen) atoms. The molecule has 0 aliphatic carbocycles. The smallest absolute Gasteiger partial charge is 0.145 e. The fourth-order valence-electron chi connectivity index (χ4n) is 1.94. The fraction of sp³-hybridized carbons (Fsp3) is 0.500. The monoisotopic (exact) mass is 266 g/mol. The number of nitrogens with zero attached hydrogens (tertiary/aromatic N) is 1. The SMILES string of the molecule is Cc1cc(OCC2=NCCN2)c(C(C)C)cc1Cl. The molecule has 0 unspecified atom stereocenters. The molecule has 0 saturated heterocycles. The van der Waals surface area contributed by atoms with Gasteiger partial charge in [-0.05, 0) is 36.1 Å². The molecule has 2 rings (SSSR count). The highest BCUT2D eigenvalue weighted by molar-refractivity contribution is 6.31. The van der Waals surface area contributed by atoms with Gasteiger partial charge in [0.15, 0.2) is 0 Å². The molecule has 1 heterocycles. The van der Waals surface area contributed by atoms with Crippen LogP contribution in [0.15, 0.2) is 17.1 Å². The standard InChI is InChI=1S/C14H19ClN2O/c1-9(2)11-7-12(15)10(3)6-13(11)18-8-14-16-4-5-17-14/h6-7,9H,4-5,8H2,1-3H3,(H,16,17). The van der Waals surface area contributed by atoms with E-state index in [1.165, 1.54) is 0 Å². The van der Waals surface area contributed by atoms with Gasteiger partial charge in [-0.15, -0.1) is 0 Å². The van der Waals surface area contributed by atoms with Crippen molar-refractivity contribution in [3.63, 3.8) is 0 Å². The van der Waals surface area contributed by atoms with Crippen LogP contribution >= 0.6 is 11.6 Å². The molecular weight excluding hydrogens is 248 g/mol. The van der Waals surface area contributed by atoms with Gasteiger partial charge < -0.3 is 10.1 Å². The molecule has 1 aromatic carbocycles. The van der Waals surface area contributed by atoms with Crippen molar-refractivity contribution < 1.29 is 4.74 Å². The number of aliphatic imine (C=N–C) groups is 1. The van der Waals surface area contributed by atoms with E-state index >= 15 is 0 Å². The van der Waals surface area contributed by atoms with Crippen LogP contribution in [0.5, 0.6) is 5.75 Å². The molecule has 0 amide bonds. The third kappa shape index (κ3) is 2.96. The largest absolute Gasteiger partial charge is 0.485 e. The Labute approximate surface area is 113 Å². The van der Waals surface area contributed by atoms with Gasteiger partial charge in [-0.3, -0.25) is 4.99 Å². The molecule has 3 nitrogen and oxygen atoms in total. The van der Waals surface area contributed by atoms with Crippen LogP contribution in [0.4, 0.5) is 0 Å². The van der Waals surface area contributed by atoms with Gasteiger partial charge in [0.1, 0.15) is 18.2 Å². The maximum atomic E-state index is 6.17. The van der Waals surface area contributed by atoms with Crippen molar-refractivity contribution in [1.82, 2.24) is 5.32 Å². The molecule has 4 heteroatoms. The summed E-state index contributed by atoms with van der Waals surface area (Å²) in [5.41, 5.74) is 2.18. The molecule has 0 spiro atoms. The van der Waals surface area contributed by atoms with E-state index in [1.54, 1.807) is 0 Å². The summed E-state index contributed by atoms with van der Waals surface area (Å²) in [6.45, 7) is 8.52. The summed E-state index contributed by atoms with van der Waals surface area (Å²) in [5, 5.41) is 3.99. The van der Waals surface area contributed by atoms with Crippen molar-refractivity contribution in [2.24, 2.45) is 4.99 Å². The van der Waals surface area contributed by atoms with Crippen molar-refractivity contribution in [2.75, 3.05) is 19.7 Å². The van der Waals surface area contributed by atoms with E-state index in [-0.39, 0.29) is 0 Å². The molecule has 1 N–H and O–H groups in total. The van der Waals surface area contributed by atoms with E-state index in [9.17, 15) is 0 Å². The van der Waals surface area contributed by atoms with Gasteiger partial charge in [0.2, 0.25) is 0 Å². The Morgan fingerprint density at radius 2 is 2.22 bits per heavy atom. The Morgan fingerprint density at radius 3 is 2.83 bits per heavy atom. The summed E-state index contributed by atoms with van der Waals surface area (Å²) in [4.78, 5) is 4.32. The van der Waals surface area contributed by atoms with Gasteiger partial charge >= 0.3 is 0 Å². The van der Waals surface area contributed by atoms with Gasteiger partial charge in [0.05, 0.1) is 6.54 Å². The topological polar surface area (TPSA) is 33.6 Å². The van der Waals surface area contributed by atoms with Crippen LogP contribution in [0.25, 0.3) is 0 Å². The minimum Gasteiger partial charge on any atom is -0.485 e. The first-order chi connectivity index (χ1) is 8.58. The number of aryl methyl sites for hydroxylation is 1. The average Bonchev–Trinajstić information content (AvgIpc) is 2.83. The van der Waals surface area contributed by atoms with Crippen molar-refractivity contribution in [2.45, 2.75) is 26.7 Å². The minimum atomic E-state index is 0.386. The van der Waals surface area contributed by atoms with Crippen LogP contribution in [0.2, 0.25) is 5.02 Å². The summed E-state index contributed by atoms with van der Waals surface area (Å²) in [6.07, 6.45) is 0. The van der Waals surface area contributed by atoms with Crippen LogP contribution in [0.1, 0.15) is 30.9 Å². The first-order valence-electron chi connectivity index (χ1n) is 6.28. The number of ether oxygens (including phenoxy) is 1. The quantitative estimate of drug-likeness (QED) is 0.908. The molecule has 0 bridgehead atoms.